The summed E-state index contributed by atoms with van der Waals surface area (Å²) in [7, 11) is 0. The molecule has 0 aliphatic carbocycles. The number of halogens is 2. The quantitative estimate of drug-likeness (QED) is 0.661. The van der Waals surface area contributed by atoms with Crippen molar-refractivity contribution in [3.8, 4) is 0 Å². The first-order valence-corrected chi connectivity index (χ1v) is 7.35. The molecule has 0 fully saturated rings. The molecule has 84 valence electrons. The monoisotopic (exact) mass is 314 g/mol. The van der Waals surface area contributed by atoms with Crippen molar-refractivity contribution in [2.24, 2.45) is 0 Å². The van der Waals surface area contributed by atoms with Gasteiger partial charge in [-0.3, -0.25) is 0 Å². The Hall–Kier alpha value is -0.310. The first-order chi connectivity index (χ1) is 7.72. The van der Waals surface area contributed by atoms with Gasteiger partial charge in [-0.15, -0.1) is 11.3 Å². The number of hydrogen-bond donors (Lipinski definition) is 0. The number of alkyl halides is 1. The van der Waals surface area contributed by atoms with Crippen molar-refractivity contribution in [2.45, 2.75) is 18.2 Å². The van der Waals surface area contributed by atoms with Crippen molar-refractivity contribution >= 4 is 38.9 Å². The second-order valence-electron chi connectivity index (χ2n) is 3.59. The third-order valence-electron chi connectivity index (χ3n) is 2.56. The summed E-state index contributed by atoms with van der Waals surface area (Å²) < 4.78 is 0. The normalized spacial score (nSPS) is 12.7. The maximum absolute atomic E-state index is 6.12. The van der Waals surface area contributed by atoms with E-state index in [1.807, 2.05) is 11.4 Å². The molecule has 1 heterocycles. The average molecular weight is 316 g/mol. The van der Waals surface area contributed by atoms with Crippen LogP contribution < -0.4 is 0 Å². The lowest BCUT2D eigenvalue weighted by molar-refractivity contribution is 1.12. The molecule has 1 aromatic carbocycles. The SMILES string of the molecule is CCc1ccc(C(Br)c2sccc2Cl)cc1. The van der Waals surface area contributed by atoms with Crippen molar-refractivity contribution < 1.29 is 0 Å². The summed E-state index contributed by atoms with van der Waals surface area (Å²) in [5.41, 5.74) is 2.61. The molecule has 0 bridgehead atoms. The van der Waals surface area contributed by atoms with Crippen LogP contribution in [0.15, 0.2) is 35.7 Å². The van der Waals surface area contributed by atoms with Gasteiger partial charge in [0, 0.05) is 4.88 Å². The highest BCUT2D eigenvalue weighted by molar-refractivity contribution is 9.09. The fraction of sp³-hybridized carbons (Fsp3) is 0.231. The van der Waals surface area contributed by atoms with Crippen LogP contribution >= 0.6 is 38.9 Å². The minimum absolute atomic E-state index is 0.200. The minimum Gasteiger partial charge on any atom is -0.146 e. The molecule has 0 spiro atoms. The maximum Gasteiger partial charge on any atom is 0.0753 e. The smallest absolute Gasteiger partial charge is 0.0753 e. The summed E-state index contributed by atoms with van der Waals surface area (Å²) in [5.74, 6) is 0. The topological polar surface area (TPSA) is 0 Å². The number of rotatable bonds is 3. The third-order valence-corrected chi connectivity index (χ3v) is 5.27. The van der Waals surface area contributed by atoms with Gasteiger partial charge in [0.15, 0.2) is 0 Å². The van der Waals surface area contributed by atoms with Crippen molar-refractivity contribution in [3.05, 3.63) is 56.7 Å². The van der Waals surface area contributed by atoms with Crippen LogP contribution in [0.25, 0.3) is 0 Å². The molecule has 1 aromatic heterocycles. The van der Waals surface area contributed by atoms with Crippen molar-refractivity contribution in [3.63, 3.8) is 0 Å². The average Bonchev–Trinajstić information content (AvgIpc) is 2.75. The Morgan fingerprint density at radius 2 is 1.94 bits per heavy atom. The molecule has 0 nitrogen and oxygen atoms in total. The minimum atomic E-state index is 0.200. The Morgan fingerprint density at radius 3 is 2.44 bits per heavy atom. The van der Waals surface area contributed by atoms with E-state index in [9.17, 15) is 0 Å². The predicted molar refractivity (Wildman–Crippen MR) is 75.9 cm³/mol. The van der Waals surface area contributed by atoms with Crippen LogP contribution in [0.5, 0.6) is 0 Å². The van der Waals surface area contributed by atoms with E-state index in [4.69, 9.17) is 11.6 Å². The number of thiophene rings is 1. The van der Waals surface area contributed by atoms with E-state index in [0.29, 0.717) is 0 Å². The molecule has 0 saturated carbocycles. The van der Waals surface area contributed by atoms with Crippen LogP contribution in [0.4, 0.5) is 0 Å². The second-order valence-corrected chi connectivity index (χ2v) is 5.86. The van der Waals surface area contributed by atoms with Gasteiger partial charge >= 0.3 is 0 Å². The van der Waals surface area contributed by atoms with Crippen molar-refractivity contribution in [1.29, 1.82) is 0 Å². The fourth-order valence-electron chi connectivity index (χ4n) is 1.56. The van der Waals surface area contributed by atoms with Crippen LogP contribution in [0.1, 0.15) is 27.8 Å². The molecular weight excluding hydrogens is 304 g/mol. The molecule has 3 heteroatoms. The van der Waals surface area contributed by atoms with E-state index in [1.54, 1.807) is 11.3 Å². The van der Waals surface area contributed by atoms with Gasteiger partial charge in [0.1, 0.15) is 0 Å². The Bertz CT molecular complexity index is 461. The van der Waals surface area contributed by atoms with Gasteiger partial charge in [-0.2, -0.15) is 0 Å². The van der Waals surface area contributed by atoms with Gasteiger partial charge in [-0.25, -0.2) is 0 Å². The molecule has 1 atom stereocenters. The molecule has 0 aliphatic heterocycles. The molecule has 0 aliphatic rings. The first-order valence-electron chi connectivity index (χ1n) is 5.18. The maximum atomic E-state index is 6.12. The van der Waals surface area contributed by atoms with Crippen LogP contribution in [-0.4, -0.2) is 0 Å². The Balaban J connectivity index is 2.27. The van der Waals surface area contributed by atoms with Gasteiger partial charge in [-0.05, 0) is 29.0 Å². The molecule has 0 radical (unpaired) electrons. The third kappa shape index (κ3) is 2.50. The number of hydrogen-bond acceptors (Lipinski definition) is 1. The zero-order chi connectivity index (χ0) is 11.5. The van der Waals surface area contributed by atoms with Crippen molar-refractivity contribution in [1.82, 2.24) is 0 Å². The van der Waals surface area contributed by atoms with Gasteiger partial charge in [0.2, 0.25) is 0 Å². The lowest BCUT2D eigenvalue weighted by Crippen LogP contribution is -1.91. The van der Waals surface area contributed by atoms with Gasteiger partial charge in [0.25, 0.3) is 0 Å². The van der Waals surface area contributed by atoms with E-state index in [2.05, 4.69) is 47.1 Å². The zero-order valence-electron chi connectivity index (χ0n) is 8.91. The zero-order valence-corrected chi connectivity index (χ0v) is 12.1. The summed E-state index contributed by atoms with van der Waals surface area (Å²) in [6.07, 6.45) is 1.08. The van der Waals surface area contributed by atoms with Crippen LogP contribution in [0.2, 0.25) is 5.02 Å². The molecule has 0 saturated heterocycles. The molecule has 0 amide bonds. The summed E-state index contributed by atoms with van der Waals surface area (Å²) in [6, 6.07) is 10.6. The lowest BCUT2D eigenvalue weighted by atomic mass is 10.1. The lowest BCUT2D eigenvalue weighted by Gasteiger charge is -2.09. The predicted octanol–water partition coefficient (Wildman–Crippen LogP) is 5.45. The summed E-state index contributed by atoms with van der Waals surface area (Å²) in [5, 5.41) is 2.86. The molecule has 16 heavy (non-hydrogen) atoms. The Kier molecular flexibility index (Phi) is 4.06. The van der Waals surface area contributed by atoms with Gasteiger partial charge in [0.05, 0.1) is 9.85 Å². The van der Waals surface area contributed by atoms with Crippen LogP contribution in [-0.2, 0) is 6.42 Å². The van der Waals surface area contributed by atoms with Crippen LogP contribution in [0.3, 0.4) is 0 Å². The van der Waals surface area contributed by atoms with Gasteiger partial charge in [-0.1, -0.05) is 58.7 Å². The largest absolute Gasteiger partial charge is 0.146 e. The number of aryl methyl sites for hydroxylation is 1. The highest BCUT2D eigenvalue weighted by Gasteiger charge is 2.14. The summed E-state index contributed by atoms with van der Waals surface area (Å²) >= 11 is 11.5. The van der Waals surface area contributed by atoms with E-state index < -0.39 is 0 Å². The fourth-order valence-corrected chi connectivity index (χ4v) is 3.73. The molecule has 1 unspecified atom stereocenters. The van der Waals surface area contributed by atoms with Crippen molar-refractivity contribution in [2.75, 3.05) is 0 Å². The van der Waals surface area contributed by atoms with Gasteiger partial charge < -0.3 is 0 Å². The second kappa shape index (κ2) is 5.35. The van der Waals surface area contributed by atoms with E-state index in [0.717, 1.165) is 11.4 Å². The van der Waals surface area contributed by atoms with E-state index in [-0.39, 0.29) is 4.83 Å². The molecular formula is C13H12BrClS. The molecule has 2 aromatic rings. The van der Waals surface area contributed by atoms with E-state index in [1.165, 1.54) is 16.0 Å². The highest BCUT2D eigenvalue weighted by Crippen LogP contribution is 2.38. The Labute approximate surface area is 113 Å². The van der Waals surface area contributed by atoms with E-state index >= 15 is 0 Å². The first kappa shape index (κ1) is 12.2. The highest BCUT2D eigenvalue weighted by atomic mass is 79.9. The Morgan fingerprint density at radius 1 is 1.25 bits per heavy atom. The van der Waals surface area contributed by atoms with Crippen LogP contribution in [0, 0.1) is 0 Å². The molecule has 0 N–H and O–H groups in total. The summed E-state index contributed by atoms with van der Waals surface area (Å²) in [6.45, 7) is 2.16. The standard InChI is InChI=1S/C13H12BrClS/c1-2-9-3-5-10(6-4-9)12(14)13-11(15)7-8-16-13/h3-8,12H,2H2,1H3. The molecule has 2 rings (SSSR count). The number of benzene rings is 1. The summed E-state index contributed by atoms with van der Waals surface area (Å²) in [4.78, 5) is 1.37.